The van der Waals surface area contributed by atoms with E-state index in [0.717, 1.165) is 42.9 Å². The molecule has 0 radical (unpaired) electrons. The van der Waals surface area contributed by atoms with E-state index in [-0.39, 0.29) is 12.0 Å². The predicted octanol–water partition coefficient (Wildman–Crippen LogP) is 3.66. The molecular formula is C21H24N2O3. The first-order valence-electron chi connectivity index (χ1n) is 9.25. The first-order valence-corrected chi connectivity index (χ1v) is 9.25. The Labute approximate surface area is 153 Å². The van der Waals surface area contributed by atoms with Crippen molar-refractivity contribution in [1.29, 1.82) is 0 Å². The first-order chi connectivity index (χ1) is 12.7. The van der Waals surface area contributed by atoms with Crippen LogP contribution in [0.3, 0.4) is 0 Å². The third-order valence-corrected chi connectivity index (χ3v) is 5.18. The molecule has 4 rings (SSSR count). The normalized spacial score (nSPS) is 24.5. The minimum absolute atomic E-state index is 0.0556. The number of hydrogen-bond acceptors (Lipinski definition) is 4. The zero-order valence-corrected chi connectivity index (χ0v) is 15.0. The maximum atomic E-state index is 12.6. The number of benzene rings is 2. The smallest absolute Gasteiger partial charge is 0.255 e. The summed E-state index contributed by atoms with van der Waals surface area (Å²) in [6.07, 6.45) is 3.10. The van der Waals surface area contributed by atoms with Crippen molar-refractivity contribution in [3.05, 3.63) is 59.7 Å². The molecule has 0 bridgehead atoms. The molecule has 0 saturated carbocycles. The molecule has 2 N–H and O–H groups in total. The fourth-order valence-electron chi connectivity index (χ4n) is 3.64. The van der Waals surface area contributed by atoms with Gasteiger partial charge in [0.1, 0.15) is 18.0 Å². The minimum Gasteiger partial charge on any atom is -0.491 e. The van der Waals surface area contributed by atoms with E-state index in [2.05, 4.69) is 17.6 Å². The summed E-state index contributed by atoms with van der Waals surface area (Å²) in [5.74, 6) is 0.762. The molecule has 2 aromatic rings. The molecule has 2 aliphatic heterocycles. The van der Waals surface area contributed by atoms with Crippen molar-refractivity contribution in [2.24, 2.45) is 0 Å². The SMILES string of the molecule is CCC1(c2ccc(OCC3CCCO3)cc2)NC(=O)c2ccccc2N1. The molecule has 26 heavy (non-hydrogen) atoms. The largest absolute Gasteiger partial charge is 0.491 e. The lowest BCUT2D eigenvalue weighted by Crippen LogP contribution is -2.54. The maximum absolute atomic E-state index is 12.6. The van der Waals surface area contributed by atoms with Gasteiger partial charge in [0.2, 0.25) is 0 Å². The summed E-state index contributed by atoms with van der Waals surface area (Å²) in [7, 11) is 0. The molecule has 2 aromatic carbocycles. The van der Waals surface area contributed by atoms with Gasteiger partial charge in [0.05, 0.1) is 11.7 Å². The molecule has 2 aliphatic rings. The Kier molecular flexibility index (Phi) is 4.55. The Bertz CT molecular complexity index is 784. The van der Waals surface area contributed by atoms with E-state index in [1.54, 1.807) is 0 Å². The Balaban J connectivity index is 1.52. The highest BCUT2D eigenvalue weighted by Crippen LogP contribution is 2.34. The zero-order valence-electron chi connectivity index (χ0n) is 15.0. The number of para-hydroxylation sites is 1. The molecule has 5 nitrogen and oxygen atoms in total. The van der Waals surface area contributed by atoms with Gasteiger partial charge in [0, 0.05) is 12.3 Å². The van der Waals surface area contributed by atoms with Crippen molar-refractivity contribution in [1.82, 2.24) is 5.32 Å². The van der Waals surface area contributed by atoms with Crippen LogP contribution < -0.4 is 15.4 Å². The van der Waals surface area contributed by atoms with Gasteiger partial charge in [-0.05, 0) is 49.1 Å². The van der Waals surface area contributed by atoms with Gasteiger partial charge in [0.15, 0.2) is 0 Å². The van der Waals surface area contributed by atoms with Crippen LogP contribution in [0.2, 0.25) is 0 Å². The van der Waals surface area contributed by atoms with Crippen LogP contribution in [0.1, 0.15) is 42.1 Å². The highest BCUT2D eigenvalue weighted by atomic mass is 16.5. The molecule has 0 spiro atoms. The van der Waals surface area contributed by atoms with E-state index in [1.165, 1.54) is 0 Å². The van der Waals surface area contributed by atoms with E-state index < -0.39 is 5.66 Å². The summed E-state index contributed by atoms with van der Waals surface area (Å²) >= 11 is 0. The highest BCUT2D eigenvalue weighted by Gasteiger charge is 2.37. The van der Waals surface area contributed by atoms with Crippen molar-refractivity contribution in [2.45, 2.75) is 38.0 Å². The van der Waals surface area contributed by atoms with Crippen LogP contribution in [0.5, 0.6) is 5.75 Å². The van der Waals surface area contributed by atoms with Crippen LogP contribution in [0, 0.1) is 0 Å². The predicted molar refractivity (Wildman–Crippen MR) is 100 cm³/mol. The molecule has 5 heteroatoms. The number of amides is 1. The number of anilines is 1. The number of fused-ring (bicyclic) bond motifs is 1. The molecule has 0 aliphatic carbocycles. The van der Waals surface area contributed by atoms with E-state index in [0.29, 0.717) is 12.2 Å². The summed E-state index contributed by atoms with van der Waals surface area (Å²) in [5, 5.41) is 6.65. The minimum atomic E-state index is -0.613. The Morgan fingerprint density at radius 3 is 2.69 bits per heavy atom. The Morgan fingerprint density at radius 1 is 1.15 bits per heavy atom. The van der Waals surface area contributed by atoms with E-state index in [4.69, 9.17) is 9.47 Å². The lowest BCUT2D eigenvalue weighted by molar-refractivity contribution is 0.0679. The summed E-state index contributed by atoms with van der Waals surface area (Å²) in [4.78, 5) is 12.6. The van der Waals surface area contributed by atoms with Crippen molar-refractivity contribution in [3.63, 3.8) is 0 Å². The molecule has 1 saturated heterocycles. The van der Waals surface area contributed by atoms with Crippen molar-refractivity contribution in [3.8, 4) is 5.75 Å². The second-order valence-corrected chi connectivity index (χ2v) is 6.85. The van der Waals surface area contributed by atoms with Crippen molar-refractivity contribution >= 4 is 11.6 Å². The van der Waals surface area contributed by atoms with E-state index in [9.17, 15) is 4.79 Å². The summed E-state index contributed by atoms with van der Waals surface area (Å²) in [6.45, 7) is 3.47. The second kappa shape index (κ2) is 7.00. The molecule has 1 amide bonds. The molecule has 2 atom stereocenters. The topological polar surface area (TPSA) is 59.6 Å². The van der Waals surface area contributed by atoms with Crippen LogP contribution in [-0.4, -0.2) is 25.2 Å². The molecule has 1 fully saturated rings. The molecule has 0 aromatic heterocycles. The zero-order chi connectivity index (χ0) is 18.0. The molecule has 2 unspecified atom stereocenters. The Morgan fingerprint density at radius 2 is 1.96 bits per heavy atom. The fourth-order valence-corrected chi connectivity index (χ4v) is 3.64. The Hall–Kier alpha value is -2.53. The van der Waals surface area contributed by atoms with Gasteiger partial charge < -0.3 is 20.1 Å². The van der Waals surface area contributed by atoms with Gasteiger partial charge in [0.25, 0.3) is 5.91 Å². The monoisotopic (exact) mass is 352 g/mol. The highest BCUT2D eigenvalue weighted by molar-refractivity contribution is 6.02. The fraction of sp³-hybridized carbons (Fsp3) is 0.381. The third-order valence-electron chi connectivity index (χ3n) is 5.18. The quantitative estimate of drug-likeness (QED) is 0.862. The molecule has 2 heterocycles. The van der Waals surface area contributed by atoms with Crippen molar-refractivity contribution < 1.29 is 14.3 Å². The molecule has 136 valence electrons. The van der Waals surface area contributed by atoms with Crippen LogP contribution in [-0.2, 0) is 10.4 Å². The average Bonchev–Trinajstić information content (AvgIpc) is 3.20. The number of carbonyl (C=O) groups excluding carboxylic acids is 1. The van der Waals surface area contributed by atoms with Crippen LogP contribution in [0.4, 0.5) is 5.69 Å². The van der Waals surface area contributed by atoms with Gasteiger partial charge in [-0.1, -0.05) is 31.2 Å². The maximum Gasteiger partial charge on any atom is 0.255 e. The van der Waals surface area contributed by atoms with Gasteiger partial charge in [-0.2, -0.15) is 0 Å². The molecular weight excluding hydrogens is 328 g/mol. The lowest BCUT2D eigenvalue weighted by atomic mass is 9.92. The van der Waals surface area contributed by atoms with Crippen molar-refractivity contribution in [2.75, 3.05) is 18.5 Å². The lowest BCUT2D eigenvalue weighted by Gasteiger charge is -2.40. The van der Waals surface area contributed by atoms with Crippen LogP contribution >= 0.6 is 0 Å². The van der Waals surface area contributed by atoms with Crippen LogP contribution in [0.15, 0.2) is 48.5 Å². The second-order valence-electron chi connectivity index (χ2n) is 6.85. The standard InChI is InChI=1S/C21H24N2O3/c1-2-21(22-19-8-4-3-7-18(19)20(24)23-21)15-9-11-16(12-10-15)26-14-17-6-5-13-25-17/h3-4,7-12,17,22H,2,5-6,13-14H2,1H3,(H,23,24). The first kappa shape index (κ1) is 16.9. The van der Waals surface area contributed by atoms with Gasteiger partial charge in [-0.3, -0.25) is 4.79 Å². The number of nitrogens with one attached hydrogen (secondary N) is 2. The van der Waals surface area contributed by atoms with Gasteiger partial charge in [-0.25, -0.2) is 0 Å². The van der Waals surface area contributed by atoms with E-state index in [1.807, 2.05) is 48.5 Å². The van der Waals surface area contributed by atoms with Gasteiger partial charge >= 0.3 is 0 Å². The summed E-state index contributed by atoms with van der Waals surface area (Å²) in [5.41, 5.74) is 1.93. The number of ether oxygens (including phenoxy) is 2. The third kappa shape index (κ3) is 3.15. The van der Waals surface area contributed by atoms with Gasteiger partial charge in [-0.15, -0.1) is 0 Å². The number of carbonyl (C=O) groups is 1. The summed E-state index contributed by atoms with van der Waals surface area (Å²) < 4.78 is 11.4. The number of hydrogen-bond donors (Lipinski definition) is 2. The van der Waals surface area contributed by atoms with E-state index >= 15 is 0 Å². The summed E-state index contributed by atoms with van der Waals surface area (Å²) in [6, 6.07) is 15.5. The van der Waals surface area contributed by atoms with Crippen LogP contribution in [0.25, 0.3) is 0 Å². The number of rotatable bonds is 5. The average molecular weight is 352 g/mol.